The van der Waals surface area contributed by atoms with Gasteiger partial charge in [-0.15, -0.1) is 0 Å². The van der Waals surface area contributed by atoms with Crippen LogP contribution in [0.15, 0.2) is 88.9 Å². The summed E-state index contributed by atoms with van der Waals surface area (Å²) in [6.45, 7) is 2.06. The number of ketones is 1. The van der Waals surface area contributed by atoms with E-state index >= 15 is 0 Å². The number of aliphatic hydroxyl groups excluding tert-OH is 1. The molecule has 1 aliphatic rings. The summed E-state index contributed by atoms with van der Waals surface area (Å²) in [5, 5.41) is 11.0. The van der Waals surface area contributed by atoms with Crippen molar-refractivity contribution in [2.45, 2.75) is 19.5 Å². The lowest BCUT2D eigenvalue weighted by molar-refractivity contribution is -0.130. The van der Waals surface area contributed by atoms with Crippen LogP contribution >= 0.6 is 27.3 Å². The molecule has 6 rings (SSSR count). The summed E-state index contributed by atoms with van der Waals surface area (Å²) < 4.78 is 2.76. The molecule has 0 saturated carbocycles. The maximum absolute atomic E-state index is 14.0. The third-order valence-electron chi connectivity index (χ3n) is 6.38. The molecule has 5 aromatic rings. The predicted molar refractivity (Wildman–Crippen MR) is 141 cm³/mol. The summed E-state index contributed by atoms with van der Waals surface area (Å²) >= 11 is 4.76. The molecule has 1 N–H and O–H groups in total. The number of aliphatic hydroxyl groups is 1. The van der Waals surface area contributed by atoms with Crippen LogP contribution in [0.1, 0.15) is 32.5 Å². The van der Waals surface area contributed by atoms with Crippen LogP contribution in [0.2, 0.25) is 0 Å². The number of halogens is 1. The SMILES string of the molecule is Cc1c(C(=O)C2=C(O)C(=O)N(Cc3cccnc3)C2c2cccc(Br)c2)sc2nc3ccccc3n12. The van der Waals surface area contributed by atoms with Gasteiger partial charge in [0.05, 0.1) is 27.5 Å². The van der Waals surface area contributed by atoms with Crippen molar-refractivity contribution < 1.29 is 14.7 Å². The highest BCUT2D eigenvalue weighted by molar-refractivity contribution is 9.10. The Labute approximate surface area is 218 Å². The number of para-hydroxylation sites is 2. The van der Waals surface area contributed by atoms with E-state index in [1.165, 1.54) is 16.2 Å². The molecule has 0 spiro atoms. The molecule has 36 heavy (non-hydrogen) atoms. The topological polar surface area (TPSA) is 87.8 Å². The maximum Gasteiger partial charge on any atom is 0.290 e. The Balaban J connectivity index is 1.48. The van der Waals surface area contributed by atoms with E-state index in [0.29, 0.717) is 9.84 Å². The summed E-state index contributed by atoms with van der Waals surface area (Å²) in [4.78, 5) is 38.8. The van der Waals surface area contributed by atoms with Gasteiger partial charge in [0.25, 0.3) is 5.91 Å². The van der Waals surface area contributed by atoms with Gasteiger partial charge in [-0.3, -0.25) is 19.0 Å². The monoisotopic (exact) mass is 558 g/mol. The third-order valence-corrected chi connectivity index (χ3v) is 8.02. The van der Waals surface area contributed by atoms with Crippen LogP contribution in [-0.2, 0) is 11.3 Å². The second-order valence-corrected chi connectivity index (χ2v) is 10.5. The Bertz CT molecular complexity index is 1710. The lowest BCUT2D eigenvalue weighted by atomic mass is 9.95. The number of hydrogen-bond donors (Lipinski definition) is 1. The summed E-state index contributed by atoms with van der Waals surface area (Å²) in [7, 11) is 0. The number of hydrogen-bond acceptors (Lipinski definition) is 6. The molecule has 7 nitrogen and oxygen atoms in total. The Morgan fingerprint density at radius 2 is 1.97 bits per heavy atom. The molecule has 1 unspecified atom stereocenters. The summed E-state index contributed by atoms with van der Waals surface area (Å²) in [6, 6.07) is 18.1. The quantitative estimate of drug-likeness (QED) is 0.276. The number of nitrogens with zero attached hydrogens (tertiary/aromatic N) is 4. The number of amides is 1. The smallest absolute Gasteiger partial charge is 0.290 e. The average molecular weight is 559 g/mol. The Hall–Kier alpha value is -3.82. The van der Waals surface area contributed by atoms with E-state index in [-0.39, 0.29) is 17.9 Å². The first-order chi connectivity index (χ1) is 17.4. The van der Waals surface area contributed by atoms with Gasteiger partial charge in [0.15, 0.2) is 10.7 Å². The molecular weight excluding hydrogens is 540 g/mol. The van der Waals surface area contributed by atoms with Gasteiger partial charge in [-0.05, 0) is 48.4 Å². The lowest BCUT2D eigenvalue weighted by Crippen LogP contribution is -2.30. The van der Waals surface area contributed by atoms with Gasteiger partial charge < -0.3 is 10.0 Å². The second kappa shape index (κ2) is 8.69. The summed E-state index contributed by atoms with van der Waals surface area (Å²) in [6.07, 6.45) is 3.33. The van der Waals surface area contributed by atoms with Crippen LogP contribution in [0.5, 0.6) is 0 Å². The highest BCUT2D eigenvalue weighted by Crippen LogP contribution is 2.42. The van der Waals surface area contributed by atoms with Crippen LogP contribution in [0, 0.1) is 6.92 Å². The van der Waals surface area contributed by atoms with Gasteiger partial charge in [0.2, 0.25) is 5.78 Å². The first kappa shape index (κ1) is 22.6. The molecule has 3 aromatic heterocycles. The molecule has 0 bridgehead atoms. The van der Waals surface area contributed by atoms with Crippen molar-refractivity contribution in [3.8, 4) is 0 Å². The number of rotatable bonds is 5. The zero-order valence-electron chi connectivity index (χ0n) is 19.1. The molecule has 0 saturated heterocycles. The molecule has 2 aromatic carbocycles. The lowest BCUT2D eigenvalue weighted by Gasteiger charge is -2.27. The zero-order chi connectivity index (χ0) is 25.0. The number of thiazole rings is 1. The third kappa shape index (κ3) is 3.54. The van der Waals surface area contributed by atoms with Crippen LogP contribution in [0.3, 0.4) is 0 Å². The van der Waals surface area contributed by atoms with E-state index in [1.807, 2.05) is 65.9 Å². The minimum atomic E-state index is -0.756. The zero-order valence-corrected chi connectivity index (χ0v) is 21.5. The van der Waals surface area contributed by atoms with Crippen molar-refractivity contribution in [1.29, 1.82) is 0 Å². The number of carbonyl (C=O) groups is 2. The molecule has 0 aliphatic carbocycles. The molecular formula is C27H19BrN4O3S. The number of aryl methyl sites for hydroxylation is 1. The van der Waals surface area contributed by atoms with E-state index in [2.05, 4.69) is 25.9 Å². The fourth-order valence-corrected chi connectivity index (χ4v) is 6.27. The standard InChI is InChI=1S/C27H19BrN4O3S/c1-15-25(36-27-30-19-9-2-3-10-20(19)32(15)27)23(33)21-22(17-7-4-8-18(28)12-17)31(26(35)24(21)34)14-16-6-5-11-29-13-16/h2-13,22,34H,14H2,1H3. The number of carbonyl (C=O) groups excluding carboxylic acids is 2. The fraction of sp³-hybridized carbons (Fsp3) is 0.111. The maximum atomic E-state index is 14.0. The van der Waals surface area contributed by atoms with Crippen LogP contribution in [0.4, 0.5) is 0 Å². The number of pyridine rings is 1. The van der Waals surface area contributed by atoms with Crippen molar-refractivity contribution in [3.05, 3.63) is 111 Å². The Kier molecular flexibility index (Phi) is 5.46. The van der Waals surface area contributed by atoms with Crippen LogP contribution in [-0.4, -0.2) is 36.1 Å². The van der Waals surface area contributed by atoms with E-state index in [0.717, 1.165) is 32.3 Å². The first-order valence-corrected chi connectivity index (χ1v) is 12.8. The van der Waals surface area contributed by atoms with Crippen molar-refractivity contribution in [1.82, 2.24) is 19.3 Å². The highest BCUT2D eigenvalue weighted by atomic mass is 79.9. The Morgan fingerprint density at radius 3 is 2.75 bits per heavy atom. The molecule has 9 heteroatoms. The van der Waals surface area contributed by atoms with Crippen molar-refractivity contribution >= 4 is 55.0 Å². The molecule has 0 radical (unpaired) electrons. The van der Waals surface area contributed by atoms with Crippen molar-refractivity contribution in [2.24, 2.45) is 0 Å². The van der Waals surface area contributed by atoms with Crippen LogP contribution in [0.25, 0.3) is 16.0 Å². The van der Waals surface area contributed by atoms with E-state index in [9.17, 15) is 14.7 Å². The largest absolute Gasteiger partial charge is 0.503 e. The summed E-state index contributed by atoms with van der Waals surface area (Å²) in [5.74, 6) is -1.49. The highest BCUT2D eigenvalue weighted by Gasteiger charge is 2.44. The van der Waals surface area contributed by atoms with Crippen molar-refractivity contribution in [3.63, 3.8) is 0 Å². The van der Waals surface area contributed by atoms with Gasteiger partial charge in [-0.2, -0.15) is 0 Å². The minimum Gasteiger partial charge on any atom is -0.503 e. The molecule has 1 aliphatic heterocycles. The van der Waals surface area contributed by atoms with Gasteiger partial charge >= 0.3 is 0 Å². The predicted octanol–water partition coefficient (Wildman–Crippen LogP) is 5.79. The molecule has 4 heterocycles. The first-order valence-electron chi connectivity index (χ1n) is 11.2. The van der Waals surface area contributed by atoms with Gasteiger partial charge in [0.1, 0.15) is 0 Å². The van der Waals surface area contributed by atoms with E-state index in [4.69, 9.17) is 0 Å². The molecule has 1 amide bonds. The second-order valence-electron chi connectivity index (χ2n) is 8.58. The van der Waals surface area contributed by atoms with Gasteiger partial charge in [0, 0.05) is 29.1 Å². The van der Waals surface area contributed by atoms with Crippen LogP contribution < -0.4 is 0 Å². The summed E-state index contributed by atoms with van der Waals surface area (Å²) in [5.41, 5.74) is 4.06. The average Bonchev–Trinajstić information content (AvgIpc) is 3.49. The number of aromatic nitrogens is 3. The molecule has 178 valence electrons. The van der Waals surface area contributed by atoms with Gasteiger partial charge in [-0.1, -0.05) is 57.6 Å². The van der Waals surface area contributed by atoms with Gasteiger partial charge in [-0.25, -0.2) is 4.98 Å². The normalized spacial score (nSPS) is 16.0. The van der Waals surface area contributed by atoms with Crippen molar-refractivity contribution in [2.75, 3.05) is 0 Å². The number of Topliss-reactive ketones (excluding diaryl/α,β-unsaturated/α-hetero) is 1. The van der Waals surface area contributed by atoms with E-state index < -0.39 is 17.7 Å². The number of benzene rings is 2. The fourth-order valence-electron chi connectivity index (χ4n) is 4.76. The van der Waals surface area contributed by atoms with E-state index in [1.54, 1.807) is 18.5 Å². The Morgan fingerprint density at radius 1 is 1.14 bits per heavy atom. The molecule has 1 atom stereocenters. The number of imidazole rings is 1. The number of fused-ring (bicyclic) bond motifs is 3. The minimum absolute atomic E-state index is 0.0684. The molecule has 0 fully saturated rings.